The summed E-state index contributed by atoms with van der Waals surface area (Å²) in [5.41, 5.74) is 13.5. The molecule has 1 aliphatic rings. The molecule has 134 valence electrons. The summed E-state index contributed by atoms with van der Waals surface area (Å²) in [5.74, 6) is 0.392. The molecule has 0 atom stereocenters. The van der Waals surface area contributed by atoms with Crippen molar-refractivity contribution in [1.29, 1.82) is 0 Å². The summed E-state index contributed by atoms with van der Waals surface area (Å²) in [4.78, 5) is 1.21. The Morgan fingerprint density at radius 3 is 2.54 bits per heavy atom. The highest BCUT2D eigenvalue weighted by Gasteiger charge is 2.31. The second kappa shape index (κ2) is 6.21. The van der Waals surface area contributed by atoms with Crippen LogP contribution in [0.3, 0.4) is 0 Å². The molecule has 0 amide bonds. The Balaban J connectivity index is 2.12. The molecule has 0 bridgehead atoms. The maximum atomic E-state index is 9.69. The predicted molar refractivity (Wildman–Crippen MR) is 105 cm³/mol. The van der Waals surface area contributed by atoms with Crippen LogP contribution in [0.2, 0.25) is 0 Å². The monoisotopic (exact) mass is 367 g/mol. The molecule has 6 heteroatoms. The van der Waals surface area contributed by atoms with Crippen LogP contribution in [-0.4, -0.2) is 20.7 Å². The number of rotatable bonds is 3. The van der Waals surface area contributed by atoms with Crippen LogP contribution in [0.25, 0.3) is 22.4 Å². The van der Waals surface area contributed by atoms with Gasteiger partial charge in [-0.3, -0.25) is 0 Å². The van der Waals surface area contributed by atoms with Gasteiger partial charge in [0, 0.05) is 33.8 Å². The highest BCUT2D eigenvalue weighted by Crippen LogP contribution is 2.45. The van der Waals surface area contributed by atoms with E-state index in [2.05, 4.69) is 29.0 Å². The number of aryl methyl sites for hydroxylation is 2. The topological polar surface area (TPSA) is 83.8 Å². The molecule has 0 spiro atoms. The molecule has 5 nitrogen and oxygen atoms in total. The summed E-state index contributed by atoms with van der Waals surface area (Å²) >= 11 is 1.71. The lowest BCUT2D eigenvalue weighted by molar-refractivity contribution is 0.318. The van der Waals surface area contributed by atoms with Crippen molar-refractivity contribution in [3.8, 4) is 28.1 Å². The van der Waals surface area contributed by atoms with E-state index in [1.165, 1.54) is 10.4 Å². The van der Waals surface area contributed by atoms with Gasteiger partial charge in [0.2, 0.25) is 0 Å². The largest absolute Gasteiger partial charge is 0.508 e. The number of phenolic OH excluding ortho intramolecular Hbond substituents is 1. The van der Waals surface area contributed by atoms with Gasteiger partial charge in [0.05, 0.1) is 5.69 Å². The van der Waals surface area contributed by atoms with Crippen molar-refractivity contribution < 1.29 is 10.3 Å². The molecule has 1 aromatic carbocycles. The predicted octanol–water partition coefficient (Wildman–Crippen LogP) is 4.25. The van der Waals surface area contributed by atoms with Gasteiger partial charge < -0.3 is 20.6 Å². The third-order valence-electron chi connectivity index (χ3n) is 5.08. The molecule has 4 rings (SSSR count). The van der Waals surface area contributed by atoms with Crippen molar-refractivity contribution in [2.75, 3.05) is 0 Å². The zero-order chi connectivity index (χ0) is 18.4. The molecule has 3 aromatic rings. The highest BCUT2D eigenvalue weighted by molar-refractivity contribution is 7.10. The molecule has 3 heterocycles. The SMILES string of the molecule is Cc1csc(C)c1-c1c(/C(N)=N/O)c2n(c1-c1ccc(O)cc1)CCC2. The number of nitrogens with two attached hydrogens (primary N) is 1. The molecule has 26 heavy (non-hydrogen) atoms. The number of hydrogen-bond donors (Lipinski definition) is 3. The normalized spacial score (nSPS) is 14.0. The number of thiophene rings is 1. The van der Waals surface area contributed by atoms with Gasteiger partial charge in [-0.25, -0.2) is 0 Å². The Morgan fingerprint density at radius 2 is 1.92 bits per heavy atom. The van der Waals surface area contributed by atoms with E-state index in [-0.39, 0.29) is 11.6 Å². The van der Waals surface area contributed by atoms with E-state index in [9.17, 15) is 10.3 Å². The van der Waals surface area contributed by atoms with Crippen molar-refractivity contribution >= 4 is 17.2 Å². The maximum Gasteiger partial charge on any atom is 0.172 e. The molecular formula is C20H21N3O2S. The first-order valence-corrected chi connectivity index (χ1v) is 9.48. The summed E-state index contributed by atoms with van der Waals surface area (Å²) in [6.45, 7) is 5.10. The standard InChI is InChI=1S/C20H21N3O2S/c1-11-10-26-12(2)16(11)18-17(20(21)22-25)15-4-3-9-23(15)19(18)13-5-7-14(24)8-6-13/h5-8,10,24-25H,3-4,9H2,1-2H3,(H2,21,22). The van der Waals surface area contributed by atoms with Crippen LogP contribution in [0, 0.1) is 13.8 Å². The van der Waals surface area contributed by atoms with Crippen molar-refractivity contribution in [3.05, 3.63) is 51.3 Å². The van der Waals surface area contributed by atoms with Gasteiger partial charge in [0.25, 0.3) is 0 Å². The highest BCUT2D eigenvalue weighted by atomic mass is 32.1. The molecule has 0 radical (unpaired) electrons. The van der Waals surface area contributed by atoms with Gasteiger partial charge in [-0.05, 0) is 67.5 Å². The van der Waals surface area contributed by atoms with E-state index >= 15 is 0 Å². The molecule has 0 aliphatic carbocycles. The Morgan fingerprint density at radius 1 is 1.19 bits per heavy atom. The molecule has 0 unspecified atom stereocenters. The number of nitrogens with zero attached hydrogens (tertiary/aromatic N) is 2. The van der Waals surface area contributed by atoms with Crippen molar-refractivity contribution in [2.45, 2.75) is 33.2 Å². The van der Waals surface area contributed by atoms with E-state index in [0.29, 0.717) is 0 Å². The van der Waals surface area contributed by atoms with Crippen LogP contribution in [0.4, 0.5) is 0 Å². The van der Waals surface area contributed by atoms with Crippen molar-refractivity contribution in [2.24, 2.45) is 10.9 Å². The van der Waals surface area contributed by atoms with E-state index in [0.717, 1.165) is 53.0 Å². The average Bonchev–Trinajstić information content (AvgIpc) is 3.29. The quantitative estimate of drug-likeness (QED) is 0.280. The minimum atomic E-state index is 0.153. The molecular weight excluding hydrogens is 346 g/mol. The lowest BCUT2D eigenvalue weighted by Gasteiger charge is -2.12. The lowest BCUT2D eigenvalue weighted by atomic mass is 9.93. The molecule has 4 N–H and O–H groups in total. The Hall–Kier alpha value is -2.73. The van der Waals surface area contributed by atoms with Gasteiger partial charge >= 0.3 is 0 Å². The zero-order valence-corrected chi connectivity index (χ0v) is 15.6. The van der Waals surface area contributed by atoms with Gasteiger partial charge in [-0.2, -0.15) is 0 Å². The van der Waals surface area contributed by atoms with Gasteiger partial charge in [-0.1, -0.05) is 5.16 Å². The number of aromatic nitrogens is 1. The number of aromatic hydroxyl groups is 1. The number of phenols is 1. The van der Waals surface area contributed by atoms with Crippen LogP contribution < -0.4 is 5.73 Å². The van der Waals surface area contributed by atoms with E-state index in [4.69, 9.17) is 5.73 Å². The van der Waals surface area contributed by atoms with Crippen LogP contribution in [-0.2, 0) is 13.0 Å². The fourth-order valence-electron chi connectivity index (χ4n) is 4.01. The summed E-state index contributed by atoms with van der Waals surface area (Å²) in [6, 6.07) is 7.24. The van der Waals surface area contributed by atoms with E-state index < -0.39 is 0 Å². The fourth-order valence-corrected chi connectivity index (χ4v) is 4.87. The third kappa shape index (κ3) is 2.41. The van der Waals surface area contributed by atoms with Crippen LogP contribution in [0.15, 0.2) is 34.8 Å². The number of hydrogen-bond acceptors (Lipinski definition) is 4. The maximum absolute atomic E-state index is 9.69. The number of amidine groups is 1. The Labute approximate surface area is 156 Å². The second-order valence-corrected chi connectivity index (χ2v) is 7.77. The summed E-state index contributed by atoms with van der Waals surface area (Å²) < 4.78 is 2.28. The Bertz CT molecular complexity index is 993. The van der Waals surface area contributed by atoms with E-state index in [1.54, 1.807) is 23.5 Å². The number of benzene rings is 1. The molecule has 0 saturated heterocycles. The van der Waals surface area contributed by atoms with Crippen LogP contribution in [0.1, 0.15) is 28.1 Å². The zero-order valence-electron chi connectivity index (χ0n) is 14.8. The molecule has 0 saturated carbocycles. The van der Waals surface area contributed by atoms with Crippen molar-refractivity contribution in [1.82, 2.24) is 4.57 Å². The first-order valence-electron chi connectivity index (χ1n) is 8.60. The first kappa shape index (κ1) is 16.7. The Kier molecular flexibility index (Phi) is 4.00. The minimum Gasteiger partial charge on any atom is -0.508 e. The average molecular weight is 367 g/mol. The minimum absolute atomic E-state index is 0.153. The lowest BCUT2D eigenvalue weighted by Crippen LogP contribution is -2.15. The number of oxime groups is 1. The molecule has 2 aromatic heterocycles. The van der Waals surface area contributed by atoms with Crippen molar-refractivity contribution in [3.63, 3.8) is 0 Å². The molecule has 0 fully saturated rings. The summed E-state index contributed by atoms with van der Waals surface area (Å²) in [6.07, 6.45) is 1.94. The summed E-state index contributed by atoms with van der Waals surface area (Å²) in [5, 5.41) is 24.6. The van der Waals surface area contributed by atoms with Crippen LogP contribution in [0.5, 0.6) is 5.75 Å². The second-order valence-electron chi connectivity index (χ2n) is 6.68. The summed E-state index contributed by atoms with van der Waals surface area (Å²) in [7, 11) is 0. The molecule has 1 aliphatic heterocycles. The van der Waals surface area contributed by atoms with E-state index in [1.807, 2.05) is 12.1 Å². The van der Waals surface area contributed by atoms with Gasteiger partial charge in [-0.15, -0.1) is 11.3 Å². The van der Waals surface area contributed by atoms with Gasteiger partial charge in [0.1, 0.15) is 5.75 Å². The van der Waals surface area contributed by atoms with Gasteiger partial charge in [0.15, 0.2) is 5.84 Å². The first-order chi connectivity index (χ1) is 12.5. The van der Waals surface area contributed by atoms with Crippen LogP contribution >= 0.6 is 11.3 Å². The number of fused-ring (bicyclic) bond motifs is 1. The fraction of sp³-hybridized carbons (Fsp3) is 0.250. The smallest absolute Gasteiger partial charge is 0.172 e. The third-order valence-corrected chi connectivity index (χ3v) is 6.11.